The van der Waals surface area contributed by atoms with Gasteiger partial charge in [-0.25, -0.2) is 0 Å². The van der Waals surface area contributed by atoms with Gasteiger partial charge in [-0.3, -0.25) is 4.68 Å². The number of aromatic nitrogens is 2. The van der Waals surface area contributed by atoms with Gasteiger partial charge < -0.3 is 5.32 Å². The van der Waals surface area contributed by atoms with Crippen molar-refractivity contribution in [3.63, 3.8) is 0 Å². The van der Waals surface area contributed by atoms with E-state index < -0.39 is 0 Å². The molecule has 0 radical (unpaired) electrons. The molecule has 0 spiro atoms. The maximum absolute atomic E-state index is 5.89. The molecule has 1 N–H and O–H groups in total. The van der Waals surface area contributed by atoms with Gasteiger partial charge >= 0.3 is 0 Å². The summed E-state index contributed by atoms with van der Waals surface area (Å²) in [6, 6.07) is 0. The minimum Gasteiger partial charge on any atom is -0.311 e. The van der Waals surface area contributed by atoms with E-state index in [0.29, 0.717) is 0 Å². The van der Waals surface area contributed by atoms with Crippen LogP contribution in [0.4, 0.5) is 0 Å². The molecule has 1 rings (SSSR count). The van der Waals surface area contributed by atoms with Crippen LogP contribution >= 0.6 is 27.5 Å². The zero-order valence-electron chi connectivity index (χ0n) is 10.1. The van der Waals surface area contributed by atoms with Crippen molar-refractivity contribution in [3.05, 3.63) is 15.9 Å². The summed E-state index contributed by atoms with van der Waals surface area (Å²) in [7, 11) is 0. The lowest BCUT2D eigenvalue weighted by atomic mass is 10.3. The highest BCUT2D eigenvalue weighted by molar-refractivity contribution is 9.10. The first-order valence-electron chi connectivity index (χ1n) is 5.62. The Morgan fingerprint density at radius 2 is 2.25 bits per heavy atom. The molecule has 0 saturated heterocycles. The fraction of sp³-hybridized carbons (Fsp3) is 0.727. The Morgan fingerprint density at radius 1 is 1.56 bits per heavy atom. The molecule has 0 aliphatic heterocycles. The molecule has 16 heavy (non-hydrogen) atoms. The van der Waals surface area contributed by atoms with Crippen LogP contribution in [0.2, 0.25) is 0 Å². The molecular weight excluding hydrogens is 289 g/mol. The molecule has 0 bridgehead atoms. The van der Waals surface area contributed by atoms with E-state index in [0.717, 1.165) is 36.2 Å². The van der Waals surface area contributed by atoms with Crippen LogP contribution in [0.1, 0.15) is 31.7 Å². The molecule has 1 aromatic rings. The topological polar surface area (TPSA) is 29.9 Å². The standard InChI is InChI=1S/C11H19BrClN3/c1-4-16-10(11(12)9(3)15-16)7-14-6-5-8(2)13/h8,14H,4-7H2,1-3H3. The van der Waals surface area contributed by atoms with Crippen LogP contribution in [0.15, 0.2) is 4.47 Å². The van der Waals surface area contributed by atoms with Gasteiger partial charge in [0.1, 0.15) is 0 Å². The largest absolute Gasteiger partial charge is 0.311 e. The summed E-state index contributed by atoms with van der Waals surface area (Å²) in [5.41, 5.74) is 2.26. The molecule has 1 aromatic heterocycles. The number of nitrogens with zero attached hydrogens (tertiary/aromatic N) is 2. The first-order valence-corrected chi connectivity index (χ1v) is 6.85. The van der Waals surface area contributed by atoms with Crippen molar-refractivity contribution in [1.29, 1.82) is 0 Å². The second-order valence-corrected chi connectivity index (χ2v) is 5.45. The molecule has 0 aliphatic rings. The van der Waals surface area contributed by atoms with Crippen LogP contribution in [-0.4, -0.2) is 21.7 Å². The zero-order valence-corrected chi connectivity index (χ0v) is 12.4. The third-order valence-corrected chi connectivity index (χ3v) is 3.71. The van der Waals surface area contributed by atoms with Crippen molar-refractivity contribution in [3.8, 4) is 0 Å². The average molecular weight is 309 g/mol. The Labute approximate surface area is 111 Å². The summed E-state index contributed by atoms with van der Waals surface area (Å²) in [5, 5.41) is 8.06. The fourth-order valence-corrected chi connectivity index (χ4v) is 2.08. The van der Waals surface area contributed by atoms with Gasteiger partial charge in [0, 0.05) is 18.5 Å². The lowest BCUT2D eigenvalue weighted by Crippen LogP contribution is -2.19. The predicted molar refractivity (Wildman–Crippen MR) is 72.0 cm³/mol. The number of alkyl halides is 1. The van der Waals surface area contributed by atoms with E-state index in [-0.39, 0.29) is 5.38 Å². The van der Waals surface area contributed by atoms with E-state index in [2.05, 4.69) is 33.3 Å². The van der Waals surface area contributed by atoms with E-state index in [9.17, 15) is 0 Å². The molecule has 0 aromatic carbocycles. The molecule has 1 heterocycles. The second kappa shape index (κ2) is 6.62. The van der Waals surface area contributed by atoms with Crippen LogP contribution in [0.5, 0.6) is 0 Å². The van der Waals surface area contributed by atoms with E-state index in [4.69, 9.17) is 11.6 Å². The Balaban J connectivity index is 2.52. The first-order chi connectivity index (χ1) is 7.56. The second-order valence-electron chi connectivity index (χ2n) is 3.91. The van der Waals surface area contributed by atoms with Gasteiger partial charge in [-0.1, -0.05) is 0 Å². The molecule has 5 heteroatoms. The summed E-state index contributed by atoms with van der Waals surface area (Å²) in [6.45, 7) is 8.79. The summed E-state index contributed by atoms with van der Waals surface area (Å²) in [4.78, 5) is 0. The molecule has 0 aliphatic carbocycles. The quantitative estimate of drug-likeness (QED) is 0.646. The van der Waals surface area contributed by atoms with Crippen molar-refractivity contribution in [2.24, 2.45) is 0 Å². The van der Waals surface area contributed by atoms with E-state index in [1.54, 1.807) is 0 Å². The lowest BCUT2D eigenvalue weighted by Gasteiger charge is -2.08. The molecule has 0 amide bonds. The van der Waals surface area contributed by atoms with Gasteiger partial charge in [0.2, 0.25) is 0 Å². The van der Waals surface area contributed by atoms with E-state index in [1.807, 2.05) is 18.5 Å². The highest BCUT2D eigenvalue weighted by Gasteiger charge is 2.11. The highest BCUT2D eigenvalue weighted by atomic mass is 79.9. The van der Waals surface area contributed by atoms with E-state index in [1.165, 1.54) is 5.69 Å². The van der Waals surface area contributed by atoms with Gasteiger partial charge in [-0.05, 0) is 49.7 Å². The van der Waals surface area contributed by atoms with Gasteiger partial charge in [0.05, 0.1) is 15.9 Å². The Morgan fingerprint density at radius 3 is 2.81 bits per heavy atom. The van der Waals surface area contributed by atoms with Crippen LogP contribution in [-0.2, 0) is 13.1 Å². The third-order valence-electron chi connectivity index (χ3n) is 2.46. The third kappa shape index (κ3) is 3.75. The van der Waals surface area contributed by atoms with Crippen molar-refractivity contribution in [1.82, 2.24) is 15.1 Å². The number of hydrogen-bond donors (Lipinski definition) is 1. The maximum Gasteiger partial charge on any atom is 0.0739 e. The summed E-state index contributed by atoms with van der Waals surface area (Å²) in [5.74, 6) is 0. The smallest absolute Gasteiger partial charge is 0.0739 e. The zero-order chi connectivity index (χ0) is 12.1. The number of hydrogen-bond acceptors (Lipinski definition) is 2. The molecular formula is C11H19BrClN3. The molecule has 1 unspecified atom stereocenters. The Hall–Kier alpha value is -0.0600. The summed E-state index contributed by atoms with van der Waals surface area (Å²) < 4.78 is 3.14. The van der Waals surface area contributed by atoms with Crippen molar-refractivity contribution in [2.75, 3.05) is 6.54 Å². The number of halogens is 2. The average Bonchev–Trinajstić information content (AvgIpc) is 2.50. The number of rotatable bonds is 6. The fourth-order valence-electron chi connectivity index (χ4n) is 1.55. The minimum atomic E-state index is 0.230. The minimum absolute atomic E-state index is 0.230. The molecule has 1 atom stereocenters. The molecule has 92 valence electrons. The predicted octanol–water partition coefficient (Wildman–Crippen LogP) is 3.08. The van der Waals surface area contributed by atoms with Crippen molar-refractivity contribution in [2.45, 2.75) is 45.7 Å². The maximum atomic E-state index is 5.89. The number of nitrogens with one attached hydrogen (secondary N) is 1. The number of aryl methyl sites for hydroxylation is 2. The Kier molecular flexibility index (Phi) is 5.79. The summed E-state index contributed by atoms with van der Waals surface area (Å²) >= 11 is 9.46. The SMILES string of the molecule is CCn1nc(C)c(Br)c1CNCCC(C)Cl. The monoisotopic (exact) mass is 307 g/mol. The first kappa shape index (κ1) is 14.0. The van der Waals surface area contributed by atoms with Crippen molar-refractivity contribution >= 4 is 27.5 Å². The van der Waals surface area contributed by atoms with E-state index >= 15 is 0 Å². The van der Waals surface area contributed by atoms with Crippen LogP contribution < -0.4 is 5.32 Å². The van der Waals surface area contributed by atoms with Gasteiger partial charge in [-0.15, -0.1) is 11.6 Å². The normalized spacial score (nSPS) is 13.1. The van der Waals surface area contributed by atoms with Crippen LogP contribution in [0.3, 0.4) is 0 Å². The van der Waals surface area contributed by atoms with Gasteiger partial charge in [-0.2, -0.15) is 5.10 Å². The van der Waals surface area contributed by atoms with Gasteiger partial charge in [0.25, 0.3) is 0 Å². The highest BCUT2D eigenvalue weighted by Crippen LogP contribution is 2.20. The molecule has 0 fully saturated rings. The van der Waals surface area contributed by atoms with Crippen LogP contribution in [0, 0.1) is 6.92 Å². The molecule has 3 nitrogen and oxygen atoms in total. The molecule has 0 saturated carbocycles. The Bertz CT molecular complexity index is 336. The van der Waals surface area contributed by atoms with Crippen LogP contribution in [0.25, 0.3) is 0 Å². The van der Waals surface area contributed by atoms with Gasteiger partial charge in [0.15, 0.2) is 0 Å². The van der Waals surface area contributed by atoms with Crippen molar-refractivity contribution < 1.29 is 0 Å². The lowest BCUT2D eigenvalue weighted by molar-refractivity contribution is 0.569. The summed E-state index contributed by atoms with van der Waals surface area (Å²) in [6.07, 6.45) is 0.985.